The number of nitrogens with zero attached hydrogens (tertiary/aromatic N) is 3. The van der Waals surface area contributed by atoms with Crippen molar-refractivity contribution >= 4 is 23.5 Å². The number of carbonyl (C=O) groups excluding carboxylic acids is 2. The first-order valence-corrected chi connectivity index (χ1v) is 11.8. The monoisotopic (exact) mass is 468 g/mol. The fourth-order valence-electron chi connectivity index (χ4n) is 4.16. The lowest BCUT2D eigenvalue weighted by molar-refractivity contribution is -0.120. The van der Waals surface area contributed by atoms with E-state index >= 15 is 0 Å². The van der Waals surface area contributed by atoms with Gasteiger partial charge in [-0.05, 0) is 31.9 Å². The van der Waals surface area contributed by atoms with E-state index in [0.29, 0.717) is 80.1 Å². The molecule has 2 aliphatic heterocycles. The van der Waals surface area contributed by atoms with Crippen molar-refractivity contribution in [2.45, 2.75) is 46.0 Å². The third-order valence-corrected chi connectivity index (χ3v) is 5.94. The molecular weight excluding hydrogens is 436 g/mol. The summed E-state index contributed by atoms with van der Waals surface area (Å²) in [4.78, 5) is 36.5. The maximum atomic E-state index is 12.9. The average molecular weight is 469 g/mol. The topological polar surface area (TPSA) is 103 Å². The number of hydrogen-bond donors (Lipinski definition) is 1. The molecule has 2 aliphatic rings. The first-order valence-electron chi connectivity index (χ1n) is 11.8. The Hall–Kier alpha value is -3.36. The van der Waals surface area contributed by atoms with Gasteiger partial charge < -0.3 is 24.4 Å². The lowest BCUT2D eigenvalue weighted by Crippen LogP contribution is -2.39. The van der Waals surface area contributed by atoms with Crippen LogP contribution in [0.4, 0.5) is 11.6 Å². The van der Waals surface area contributed by atoms with Crippen LogP contribution in [0.5, 0.6) is 11.5 Å². The highest BCUT2D eigenvalue weighted by molar-refractivity contribution is 5.93. The molecule has 9 nitrogen and oxygen atoms in total. The quantitative estimate of drug-likeness (QED) is 0.665. The van der Waals surface area contributed by atoms with Crippen molar-refractivity contribution < 1.29 is 23.8 Å². The highest BCUT2D eigenvalue weighted by Crippen LogP contribution is 2.33. The van der Waals surface area contributed by atoms with Gasteiger partial charge in [0, 0.05) is 42.4 Å². The summed E-state index contributed by atoms with van der Waals surface area (Å²) in [7, 11) is 0. The minimum atomic E-state index is -0.409. The van der Waals surface area contributed by atoms with Crippen LogP contribution >= 0.6 is 0 Å². The van der Waals surface area contributed by atoms with Crippen molar-refractivity contribution in [3.8, 4) is 11.5 Å². The molecule has 1 amide bonds. The number of esters is 1. The first-order chi connectivity index (χ1) is 16.3. The molecule has 9 heteroatoms. The molecule has 182 valence electrons. The molecular formula is C25H32N4O5. The van der Waals surface area contributed by atoms with Gasteiger partial charge in [-0.25, -0.2) is 14.8 Å². The second-order valence-electron chi connectivity index (χ2n) is 9.51. The van der Waals surface area contributed by atoms with E-state index in [2.05, 4.69) is 15.2 Å². The fourth-order valence-corrected chi connectivity index (χ4v) is 4.16. The molecule has 1 aromatic heterocycles. The van der Waals surface area contributed by atoms with Crippen molar-refractivity contribution in [1.82, 2.24) is 9.97 Å². The zero-order valence-electron chi connectivity index (χ0n) is 20.2. The van der Waals surface area contributed by atoms with Gasteiger partial charge in [0.15, 0.2) is 11.5 Å². The second kappa shape index (κ2) is 9.87. The molecule has 0 aliphatic carbocycles. The number of amides is 1. The number of benzene rings is 1. The minimum Gasteiger partial charge on any atom is -0.486 e. The largest absolute Gasteiger partial charge is 0.486 e. The van der Waals surface area contributed by atoms with E-state index in [1.54, 1.807) is 19.2 Å². The summed E-state index contributed by atoms with van der Waals surface area (Å²) in [5, 5.41) is 3.00. The van der Waals surface area contributed by atoms with Crippen LogP contribution in [0.3, 0.4) is 0 Å². The Balaban J connectivity index is 1.40. The van der Waals surface area contributed by atoms with E-state index in [1.165, 1.54) is 0 Å². The zero-order valence-corrected chi connectivity index (χ0v) is 20.2. The van der Waals surface area contributed by atoms with E-state index in [4.69, 9.17) is 19.2 Å². The van der Waals surface area contributed by atoms with Gasteiger partial charge in [0.25, 0.3) is 0 Å². The van der Waals surface area contributed by atoms with Crippen molar-refractivity contribution in [3.05, 3.63) is 35.7 Å². The van der Waals surface area contributed by atoms with Gasteiger partial charge in [-0.1, -0.05) is 20.8 Å². The molecule has 4 rings (SSSR count). The Labute approximate surface area is 199 Å². The van der Waals surface area contributed by atoms with Crippen molar-refractivity contribution in [2.75, 3.05) is 43.1 Å². The molecule has 2 aromatic rings. The van der Waals surface area contributed by atoms with Gasteiger partial charge in [0.05, 0.1) is 12.3 Å². The smallest absolute Gasteiger partial charge is 0.341 e. The summed E-state index contributed by atoms with van der Waals surface area (Å²) in [5.41, 5.74) is 1.41. The molecule has 1 N–H and O–H groups in total. The minimum absolute atomic E-state index is 0.00899. The third kappa shape index (κ3) is 5.24. The van der Waals surface area contributed by atoms with Crippen LogP contribution in [0, 0.1) is 5.92 Å². The molecule has 0 saturated carbocycles. The summed E-state index contributed by atoms with van der Waals surface area (Å²) in [6, 6.07) is 5.44. The Morgan fingerprint density at radius 1 is 1.15 bits per heavy atom. The molecule has 1 aromatic carbocycles. The fraction of sp³-hybridized carbons (Fsp3) is 0.520. The van der Waals surface area contributed by atoms with E-state index in [1.807, 2.05) is 32.9 Å². The molecule has 0 radical (unpaired) electrons. The Morgan fingerprint density at radius 3 is 2.53 bits per heavy atom. The molecule has 0 unspecified atom stereocenters. The van der Waals surface area contributed by atoms with Crippen LogP contribution in [0.15, 0.2) is 24.4 Å². The number of anilines is 2. The van der Waals surface area contributed by atoms with Gasteiger partial charge in [-0.3, -0.25) is 4.79 Å². The van der Waals surface area contributed by atoms with Crippen LogP contribution in [-0.2, 0) is 14.9 Å². The number of fused-ring (bicyclic) bond motifs is 1. The lowest BCUT2D eigenvalue weighted by Gasteiger charge is -2.32. The second-order valence-corrected chi connectivity index (χ2v) is 9.51. The number of carbonyl (C=O) groups is 2. The standard InChI is InChI=1S/C25H32N4O5/c1-5-32-23(31)18-15-26-24(28-21(18)25(2,3)4)29-10-8-16(9-11-29)22(30)27-17-6-7-19-20(14-17)34-13-12-33-19/h6-7,14-16H,5,8-13H2,1-4H3,(H,27,30). The summed E-state index contributed by atoms with van der Waals surface area (Å²) < 4.78 is 16.3. The summed E-state index contributed by atoms with van der Waals surface area (Å²) in [5.74, 6) is 1.39. The van der Waals surface area contributed by atoms with Crippen LogP contribution < -0.4 is 19.7 Å². The van der Waals surface area contributed by atoms with Gasteiger partial charge >= 0.3 is 5.97 Å². The van der Waals surface area contributed by atoms with E-state index in [0.717, 1.165) is 0 Å². The number of ether oxygens (including phenoxy) is 3. The Morgan fingerprint density at radius 2 is 1.85 bits per heavy atom. The predicted molar refractivity (Wildman–Crippen MR) is 128 cm³/mol. The van der Waals surface area contributed by atoms with Crippen LogP contribution in [0.1, 0.15) is 56.6 Å². The molecule has 1 fully saturated rings. The number of aromatic nitrogens is 2. The molecule has 1 saturated heterocycles. The van der Waals surface area contributed by atoms with E-state index < -0.39 is 5.97 Å². The SMILES string of the molecule is CCOC(=O)c1cnc(N2CCC(C(=O)Nc3ccc4c(c3)OCCO4)CC2)nc1C(C)(C)C. The average Bonchev–Trinajstić information content (AvgIpc) is 2.83. The van der Waals surface area contributed by atoms with Gasteiger partial charge in [0.1, 0.15) is 18.8 Å². The van der Waals surface area contributed by atoms with Gasteiger partial charge in [0.2, 0.25) is 11.9 Å². The first kappa shape index (κ1) is 23.8. The number of hydrogen-bond acceptors (Lipinski definition) is 8. The maximum absolute atomic E-state index is 12.9. The highest BCUT2D eigenvalue weighted by atomic mass is 16.6. The number of nitrogens with one attached hydrogen (secondary N) is 1. The van der Waals surface area contributed by atoms with Gasteiger partial charge in [-0.2, -0.15) is 0 Å². The van der Waals surface area contributed by atoms with Gasteiger partial charge in [-0.15, -0.1) is 0 Å². The molecule has 0 spiro atoms. The molecule has 34 heavy (non-hydrogen) atoms. The third-order valence-electron chi connectivity index (χ3n) is 5.94. The Kier molecular flexibility index (Phi) is 6.90. The zero-order chi connectivity index (χ0) is 24.3. The van der Waals surface area contributed by atoms with Crippen molar-refractivity contribution in [2.24, 2.45) is 5.92 Å². The predicted octanol–water partition coefficient (Wildman–Crippen LogP) is 3.58. The van der Waals surface area contributed by atoms with Crippen LogP contribution in [0.25, 0.3) is 0 Å². The van der Waals surface area contributed by atoms with E-state index in [-0.39, 0.29) is 17.2 Å². The summed E-state index contributed by atoms with van der Waals surface area (Å²) in [6.45, 7) is 10.4. The maximum Gasteiger partial charge on any atom is 0.341 e. The van der Waals surface area contributed by atoms with Crippen molar-refractivity contribution in [1.29, 1.82) is 0 Å². The Bertz CT molecular complexity index is 1060. The van der Waals surface area contributed by atoms with Crippen molar-refractivity contribution in [3.63, 3.8) is 0 Å². The highest BCUT2D eigenvalue weighted by Gasteiger charge is 2.30. The molecule has 3 heterocycles. The lowest BCUT2D eigenvalue weighted by atomic mass is 9.89. The molecule has 0 bridgehead atoms. The van der Waals surface area contributed by atoms with Crippen LogP contribution in [-0.4, -0.2) is 54.8 Å². The summed E-state index contributed by atoms with van der Waals surface area (Å²) in [6.07, 6.45) is 2.93. The number of rotatable bonds is 5. The van der Waals surface area contributed by atoms with Crippen LogP contribution in [0.2, 0.25) is 0 Å². The summed E-state index contributed by atoms with van der Waals surface area (Å²) >= 11 is 0. The number of piperidine rings is 1. The molecule has 0 atom stereocenters. The van der Waals surface area contributed by atoms with E-state index in [9.17, 15) is 9.59 Å². The normalized spacial score (nSPS) is 16.2.